The van der Waals surface area contributed by atoms with Crippen molar-refractivity contribution in [2.24, 2.45) is 0 Å². The molecule has 5 heteroatoms. The molecular weight excluding hydrogens is 236 g/mol. The van der Waals surface area contributed by atoms with Crippen molar-refractivity contribution in [3.05, 3.63) is 29.3 Å². The quantitative estimate of drug-likeness (QED) is 0.601. The van der Waals surface area contributed by atoms with E-state index in [9.17, 15) is 9.59 Å². The van der Waals surface area contributed by atoms with Crippen molar-refractivity contribution >= 4 is 28.5 Å². The van der Waals surface area contributed by atoms with E-state index in [1.807, 2.05) is 13.8 Å². The van der Waals surface area contributed by atoms with Crippen LogP contribution in [0.3, 0.4) is 0 Å². The molecule has 2 aromatic rings. The molecule has 92 valence electrons. The minimum absolute atomic E-state index is 0.0895. The van der Waals surface area contributed by atoms with E-state index in [-0.39, 0.29) is 6.10 Å². The molecular formula is C13H10O5. The van der Waals surface area contributed by atoms with Crippen LogP contribution in [0.4, 0.5) is 0 Å². The number of rotatable bonds is 2. The SMILES string of the molecule is CC(C)OC1=CC(=O)C(=O)c2cc3ooc3cc21. The summed E-state index contributed by atoms with van der Waals surface area (Å²) in [5, 5.41) is 0. The van der Waals surface area contributed by atoms with Crippen LogP contribution in [-0.4, -0.2) is 17.7 Å². The molecule has 0 saturated heterocycles. The first-order valence-electron chi connectivity index (χ1n) is 5.56. The third kappa shape index (κ3) is 1.48. The Morgan fingerprint density at radius 3 is 2.22 bits per heavy atom. The van der Waals surface area contributed by atoms with Gasteiger partial charge in [-0.3, -0.25) is 18.7 Å². The van der Waals surface area contributed by atoms with Gasteiger partial charge in [0, 0.05) is 29.3 Å². The predicted molar refractivity (Wildman–Crippen MR) is 62.0 cm³/mol. The largest absolute Gasteiger partial charge is 0.490 e. The summed E-state index contributed by atoms with van der Waals surface area (Å²) >= 11 is 0. The molecule has 3 rings (SSSR count). The fourth-order valence-electron chi connectivity index (χ4n) is 1.88. The summed E-state index contributed by atoms with van der Waals surface area (Å²) in [4.78, 5) is 23.4. The molecule has 0 saturated carbocycles. The Morgan fingerprint density at radius 1 is 1.06 bits per heavy atom. The Bertz CT molecular complexity index is 683. The number of allylic oxidation sites excluding steroid dienone is 1. The number of ketones is 2. The maximum absolute atomic E-state index is 11.8. The van der Waals surface area contributed by atoms with Gasteiger partial charge < -0.3 is 4.74 Å². The van der Waals surface area contributed by atoms with Crippen LogP contribution in [0.15, 0.2) is 27.4 Å². The molecule has 0 fully saturated rings. The first-order valence-corrected chi connectivity index (χ1v) is 5.56. The van der Waals surface area contributed by atoms with E-state index in [1.165, 1.54) is 12.1 Å². The molecule has 1 aromatic heterocycles. The van der Waals surface area contributed by atoms with Gasteiger partial charge in [0.2, 0.25) is 22.7 Å². The van der Waals surface area contributed by atoms with Crippen molar-refractivity contribution in [1.29, 1.82) is 0 Å². The van der Waals surface area contributed by atoms with Gasteiger partial charge in [-0.2, -0.15) is 0 Å². The van der Waals surface area contributed by atoms with Gasteiger partial charge >= 0.3 is 0 Å². The molecule has 0 aliphatic heterocycles. The summed E-state index contributed by atoms with van der Waals surface area (Å²) in [6.07, 6.45) is 1.13. The predicted octanol–water partition coefficient (Wildman–Crippen LogP) is 2.56. The van der Waals surface area contributed by atoms with Crippen LogP contribution in [0.2, 0.25) is 0 Å². The first-order chi connectivity index (χ1) is 8.56. The standard InChI is InChI=1S/C13H10O5/c1-6(2)16-10-5-9(14)13(15)8-4-12-11(17-18-12)3-7(8)10/h3-6H,1-2H3. The highest BCUT2D eigenvalue weighted by Crippen LogP contribution is 2.32. The normalized spacial score (nSPS) is 15.2. The average molecular weight is 246 g/mol. The fraction of sp³-hybridized carbons (Fsp3) is 0.231. The number of carbonyl (C=O) groups is 2. The Hall–Kier alpha value is -2.30. The Kier molecular flexibility index (Phi) is 2.16. The van der Waals surface area contributed by atoms with Crippen LogP contribution < -0.4 is 0 Å². The van der Waals surface area contributed by atoms with E-state index in [1.54, 1.807) is 6.07 Å². The van der Waals surface area contributed by atoms with Crippen LogP contribution >= 0.6 is 0 Å². The van der Waals surface area contributed by atoms with Crippen LogP contribution in [0.1, 0.15) is 29.8 Å². The van der Waals surface area contributed by atoms with Crippen LogP contribution in [0.25, 0.3) is 16.9 Å². The van der Waals surface area contributed by atoms with E-state index in [0.717, 1.165) is 0 Å². The first kappa shape index (κ1) is 10.8. The van der Waals surface area contributed by atoms with Gasteiger partial charge in [0.05, 0.1) is 6.10 Å². The summed E-state index contributed by atoms with van der Waals surface area (Å²) in [5.41, 5.74) is 1.85. The third-order valence-corrected chi connectivity index (χ3v) is 2.66. The second-order valence-corrected chi connectivity index (χ2v) is 4.38. The average Bonchev–Trinajstić information content (AvgIpc) is 2.27. The molecule has 0 N–H and O–H groups in total. The van der Waals surface area contributed by atoms with Gasteiger partial charge in [-0.1, -0.05) is 0 Å². The third-order valence-electron chi connectivity index (χ3n) is 2.66. The number of fused-ring (bicyclic) bond motifs is 2. The monoisotopic (exact) mass is 246 g/mol. The van der Waals surface area contributed by atoms with Gasteiger partial charge in [0.25, 0.3) is 0 Å². The van der Waals surface area contributed by atoms with Gasteiger partial charge in [-0.15, -0.1) is 0 Å². The van der Waals surface area contributed by atoms with Crippen LogP contribution in [0, 0.1) is 0 Å². The fourth-order valence-corrected chi connectivity index (χ4v) is 1.88. The summed E-state index contributed by atoms with van der Waals surface area (Å²) in [6, 6.07) is 3.15. The van der Waals surface area contributed by atoms with Gasteiger partial charge in [-0.05, 0) is 13.8 Å². The lowest BCUT2D eigenvalue weighted by atomic mass is 9.93. The number of hydrogen-bond acceptors (Lipinski definition) is 5. The van der Waals surface area contributed by atoms with Gasteiger partial charge in [0.15, 0.2) is 0 Å². The molecule has 1 aromatic carbocycles. The molecule has 0 amide bonds. The maximum Gasteiger partial charge on any atom is 0.233 e. The number of Topliss-reactive ketones (excluding diaryl/α,β-unsaturated/α-hetero) is 1. The molecule has 1 aliphatic carbocycles. The highest BCUT2D eigenvalue weighted by molar-refractivity contribution is 6.50. The lowest BCUT2D eigenvalue weighted by Gasteiger charge is -2.19. The summed E-state index contributed by atoms with van der Waals surface area (Å²) in [5.74, 6) is -0.749. The van der Waals surface area contributed by atoms with Crippen molar-refractivity contribution in [2.75, 3.05) is 0 Å². The second kappa shape index (κ2) is 3.60. The minimum Gasteiger partial charge on any atom is -0.490 e. The zero-order valence-corrected chi connectivity index (χ0v) is 9.85. The van der Waals surface area contributed by atoms with Crippen molar-refractivity contribution < 1.29 is 23.5 Å². The Balaban J connectivity index is 2.19. The number of hydrogen-bond donors (Lipinski definition) is 0. The maximum atomic E-state index is 11.8. The summed E-state index contributed by atoms with van der Waals surface area (Å²) in [7, 11) is 0. The van der Waals surface area contributed by atoms with E-state index >= 15 is 0 Å². The topological polar surface area (TPSA) is 69.7 Å². The van der Waals surface area contributed by atoms with Crippen molar-refractivity contribution in [1.82, 2.24) is 0 Å². The second-order valence-electron chi connectivity index (χ2n) is 4.38. The molecule has 1 aliphatic rings. The highest BCUT2D eigenvalue weighted by Gasteiger charge is 2.29. The van der Waals surface area contributed by atoms with Crippen molar-refractivity contribution in [2.45, 2.75) is 20.0 Å². The molecule has 0 unspecified atom stereocenters. The van der Waals surface area contributed by atoms with Crippen molar-refractivity contribution in [3.63, 3.8) is 0 Å². The zero-order valence-electron chi connectivity index (χ0n) is 9.85. The number of carbonyl (C=O) groups excluding carboxylic acids is 2. The molecule has 0 radical (unpaired) electrons. The van der Waals surface area contributed by atoms with E-state index < -0.39 is 11.6 Å². The molecule has 1 heterocycles. The van der Waals surface area contributed by atoms with Gasteiger partial charge in [-0.25, -0.2) is 0 Å². The minimum atomic E-state index is -0.585. The van der Waals surface area contributed by atoms with E-state index in [4.69, 9.17) is 13.9 Å². The summed E-state index contributed by atoms with van der Waals surface area (Å²) < 4.78 is 15.0. The zero-order chi connectivity index (χ0) is 12.9. The number of ether oxygens (including phenoxy) is 1. The molecule has 0 bridgehead atoms. The smallest absolute Gasteiger partial charge is 0.233 e. The molecule has 0 spiro atoms. The molecule has 18 heavy (non-hydrogen) atoms. The van der Waals surface area contributed by atoms with E-state index in [2.05, 4.69) is 0 Å². The Labute approximate surface area is 102 Å². The lowest BCUT2D eigenvalue weighted by Crippen LogP contribution is -2.20. The van der Waals surface area contributed by atoms with Crippen molar-refractivity contribution in [3.8, 4) is 0 Å². The molecule has 5 nitrogen and oxygen atoms in total. The van der Waals surface area contributed by atoms with E-state index in [0.29, 0.717) is 28.1 Å². The highest BCUT2D eigenvalue weighted by atomic mass is 17.0. The van der Waals surface area contributed by atoms with Crippen LogP contribution in [0.5, 0.6) is 0 Å². The summed E-state index contributed by atoms with van der Waals surface area (Å²) in [6.45, 7) is 3.70. The number of benzene rings is 1. The Morgan fingerprint density at radius 2 is 1.67 bits per heavy atom. The van der Waals surface area contributed by atoms with Crippen LogP contribution in [-0.2, 0) is 9.53 Å². The lowest BCUT2D eigenvalue weighted by molar-refractivity contribution is -0.111. The van der Waals surface area contributed by atoms with Gasteiger partial charge in [0.1, 0.15) is 5.76 Å². The molecule has 0 atom stereocenters.